The molecule has 1 heterocycles. The van der Waals surface area contributed by atoms with E-state index in [9.17, 15) is 0 Å². The number of hydrogen-bond acceptors (Lipinski definition) is 2. The van der Waals surface area contributed by atoms with Crippen molar-refractivity contribution in [3.05, 3.63) is 0 Å². The Morgan fingerprint density at radius 1 is 1.38 bits per heavy atom. The van der Waals surface area contributed by atoms with E-state index in [0.29, 0.717) is 0 Å². The van der Waals surface area contributed by atoms with Crippen LogP contribution in [0.1, 0.15) is 45.4 Å². The summed E-state index contributed by atoms with van der Waals surface area (Å²) in [4.78, 5) is 0. The average Bonchev–Trinajstić information content (AvgIpc) is 2.14. The predicted molar refractivity (Wildman–Crippen MR) is 60.0 cm³/mol. The molecule has 0 amide bonds. The largest absolute Gasteiger partial charge is 0.365 e. The van der Waals surface area contributed by atoms with Crippen molar-refractivity contribution in [3.63, 3.8) is 0 Å². The van der Waals surface area contributed by atoms with Gasteiger partial charge in [-0.25, -0.2) is 0 Å². The van der Waals surface area contributed by atoms with Crippen LogP contribution in [0.4, 0.5) is 0 Å². The van der Waals surface area contributed by atoms with Crippen molar-refractivity contribution in [1.82, 2.24) is 5.32 Å². The summed E-state index contributed by atoms with van der Waals surface area (Å²) in [5.74, 6) is 0. The summed E-state index contributed by atoms with van der Waals surface area (Å²) in [6.45, 7) is 4.34. The van der Waals surface area contributed by atoms with E-state index in [0.717, 1.165) is 23.4 Å². The summed E-state index contributed by atoms with van der Waals surface area (Å²) < 4.78 is 5.80. The quantitative estimate of drug-likeness (QED) is 0.529. The van der Waals surface area contributed by atoms with Crippen LogP contribution in [0.25, 0.3) is 0 Å². The first-order valence-electron chi connectivity index (χ1n) is 5.66. The van der Waals surface area contributed by atoms with E-state index in [4.69, 9.17) is 4.74 Å². The molecular weight excluding hydrogens is 178 g/mol. The second-order valence-electron chi connectivity index (χ2n) is 4.17. The third-order valence-electron chi connectivity index (χ3n) is 2.75. The molecule has 1 unspecified atom stereocenters. The summed E-state index contributed by atoms with van der Waals surface area (Å²) in [5, 5.41) is 3.69. The van der Waals surface area contributed by atoms with Crippen molar-refractivity contribution in [1.29, 1.82) is 0 Å². The van der Waals surface area contributed by atoms with Crippen molar-refractivity contribution in [2.75, 3.05) is 13.2 Å². The smallest absolute Gasteiger partial charge is 0.0946 e. The number of hydrogen-bond donors (Lipinski definition) is 1. The minimum absolute atomic E-state index is 0.117. The fourth-order valence-corrected chi connectivity index (χ4v) is 2.61. The van der Waals surface area contributed by atoms with Crippen LogP contribution in [0.3, 0.4) is 0 Å². The number of unbranched alkanes of at least 4 members (excludes halogenated alkanes) is 2. The topological polar surface area (TPSA) is 21.3 Å². The predicted octanol–water partition coefficient (Wildman–Crippen LogP) is 0.986. The van der Waals surface area contributed by atoms with Crippen molar-refractivity contribution in [2.45, 2.75) is 50.8 Å². The van der Waals surface area contributed by atoms with Crippen LogP contribution in [0.2, 0.25) is 0 Å². The Balaban J connectivity index is 2.10. The van der Waals surface area contributed by atoms with Gasteiger partial charge < -0.3 is 4.74 Å². The molecule has 0 saturated carbocycles. The van der Waals surface area contributed by atoms with Crippen LogP contribution in [0.5, 0.6) is 0 Å². The summed E-state index contributed by atoms with van der Waals surface area (Å²) in [5.41, 5.74) is 0. The minimum atomic E-state index is 0.117. The van der Waals surface area contributed by atoms with Crippen molar-refractivity contribution in [3.8, 4) is 0 Å². The van der Waals surface area contributed by atoms with Crippen LogP contribution in [-0.4, -0.2) is 28.7 Å². The molecule has 1 aliphatic heterocycles. The van der Waals surface area contributed by atoms with Gasteiger partial charge in [0.1, 0.15) is 0 Å². The first kappa shape index (κ1) is 11.2. The molecule has 1 rings (SSSR count). The highest BCUT2D eigenvalue weighted by Gasteiger charge is 2.25. The van der Waals surface area contributed by atoms with Gasteiger partial charge in [0.2, 0.25) is 0 Å². The molecule has 1 aliphatic rings. The molecule has 0 aromatic heterocycles. The summed E-state index contributed by atoms with van der Waals surface area (Å²) >= 11 is 0. The first-order chi connectivity index (χ1) is 6.27. The zero-order chi connectivity index (χ0) is 9.57. The SMILES string of the molecule is CCCCCNC1([SiH3])CCCCO1. The van der Waals surface area contributed by atoms with Crippen LogP contribution >= 0.6 is 0 Å². The highest BCUT2D eigenvalue weighted by atomic mass is 28.1. The number of nitrogens with one attached hydrogen (secondary N) is 1. The third kappa shape index (κ3) is 4.25. The molecule has 1 atom stereocenters. The van der Waals surface area contributed by atoms with Crippen LogP contribution < -0.4 is 5.32 Å². The maximum absolute atomic E-state index is 5.80. The maximum Gasteiger partial charge on any atom is 0.0946 e. The van der Waals surface area contributed by atoms with E-state index >= 15 is 0 Å². The Morgan fingerprint density at radius 2 is 2.23 bits per heavy atom. The fourth-order valence-electron chi connectivity index (χ4n) is 1.80. The monoisotopic (exact) mass is 201 g/mol. The first-order valence-corrected chi connectivity index (χ1v) is 6.66. The summed E-state index contributed by atoms with van der Waals surface area (Å²) in [7, 11) is 1.11. The molecule has 1 fully saturated rings. The van der Waals surface area contributed by atoms with Crippen molar-refractivity contribution < 1.29 is 4.74 Å². The highest BCUT2D eigenvalue weighted by molar-refractivity contribution is 6.14. The molecule has 0 spiro atoms. The molecular formula is C10H23NOSi. The van der Waals surface area contributed by atoms with E-state index in [-0.39, 0.29) is 5.35 Å². The molecule has 78 valence electrons. The fraction of sp³-hybridized carbons (Fsp3) is 1.00. The minimum Gasteiger partial charge on any atom is -0.365 e. The van der Waals surface area contributed by atoms with Gasteiger partial charge in [0.15, 0.2) is 0 Å². The van der Waals surface area contributed by atoms with E-state index in [1.54, 1.807) is 0 Å². The maximum atomic E-state index is 5.80. The van der Waals surface area contributed by atoms with Gasteiger partial charge in [-0.3, -0.25) is 5.32 Å². The van der Waals surface area contributed by atoms with Crippen molar-refractivity contribution in [2.24, 2.45) is 0 Å². The average molecular weight is 201 g/mol. The second-order valence-corrected chi connectivity index (χ2v) is 5.79. The molecule has 2 nitrogen and oxygen atoms in total. The third-order valence-corrected chi connectivity index (χ3v) is 3.89. The van der Waals surface area contributed by atoms with Crippen LogP contribution in [-0.2, 0) is 4.74 Å². The van der Waals surface area contributed by atoms with Crippen LogP contribution in [0.15, 0.2) is 0 Å². The Bertz CT molecular complexity index is 135. The Morgan fingerprint density at radius 3 is 2.85 bits per heavy atom. The molecule has 3 heteroatoms. The van der Waals surface area contributed by atoms with E-state index in [1.165, 1.54) is 38.5 Å². The zero-order valence-corrected chi connectivity index (χ0v) is 11.1. The molecule has 0 aliphatic carbocycles. The lowest BCUT2D eigenvalue weighted by atomic mass is 10.1. The molecule has 0 aromatic carbocycles. The van der Waals surface area contributed by atoms with Gasteiger partial charge in [0, 0.05) is 6.61 Å². The van der Waals surface area contributed by atoms with Crippen molar-refractivity contribution >= 4 is 10.2 Å². The second kappa shape index (κ2) is 5.78. The van der Waals surface area contributed by atoms with Gasteiger partial charge in [-0.2, -0.15) is 0 Å². The highest BCUT2D eigenvalue weighted by Crippen LogP contribution is 2.18. The molecule has 1 saturated heterocycles. The van der Waals surface area contributed by atoms with Gasteiger partial charge in [0.05, 0.1) is 15.6 Å². The van der Waals surface area contributed by atoms with E-state index in [1.807, 2.05) is 0 Å². The lowest BCUT2D eigenvalue weighted by Crippen LogP contribution is -2.50. The molecule has 0 radical (unpaired) electrons. The Hall–Kier alpha value is 0.137. The molecule has 1 N–H and O–H groups in total. The molecule has 13 heavy (non-hydrogen) atoms. The van der Waals surface area contributed by atoms with Gasteiger partial charge in [0.25, 0.3) is 0 Å². The normalized spacial score (nSPS) is 29.3. The standard InChI is InChI=1S/C10H23NOSi/c1-2-3-5-8-11-10(13)7-4-6-9-12-10/h11H,2-9H2,1,13H3. The zero-order valence-electron chi connectivity index (χ0n) is 9.07. The lowest BCUT2D eigenvalue weighted by Gasteiger charge is -2.35. The van der Waals surface area contributed by atoms with E-state index in [2.05, 4.69) is 12.2 Å². The Labute approximate surface area is 84.9 Å². The Kier molecular flexibility index (Phi) is 4.99. The van der Waals surface area contributed by atoms with E-state index < -0.39 is 0 Å². The number of rotatable bonds is 5. The van der Waals surface area contributed by atoms with Gasteiger partial charge in [-0.15, -0.1) is 0 Å². The molecule has 0 aromatic rings. The van der Waals surface area contributed by atoms with Crippen LogP contribution in [0, 0.1) is 0 Å². The van der Waals surface area contributed by atoms with Gasteiger partial charge >= 0.3 is 0 Å². The van der Waals surface area contributed by atoms with Gasteiger partial charge in [-0.1, -0.05) is 19.8 Å². The molecule has 0 bridgehead atoms. The van der Waals surface area contributed by atoms with Gasteiger partial charge in [-0.05, 0) is 32.2 Å². The lowest BCUT2D eigenvalue weighted by molar-refractivity contribution is -0.0398. The summed E-state index contributed by atoms with van der Waals surface area (Å²) in [6.07, 6.45) is 7.75. The summed E-state index contributed by atoms with van der Waals surface area (Å²) in [6, 6.07) is 0. The number of ether oxygens (including phenoxy) is 1.